The average Bonchev–Trinajstić information content (AvgIpc) is 2.39. The Bertz CT molecular complexity index is 364. The number of halogens is 1. The Morgan fingerprint density at radius 2 is 2.18 bits per heavy atom. The lowest BCUT2D eigenvalue weighted by Crippen LogP contribution is -2.22. The highest BCUT2D eigenvalue weighted by molar-refractivity contribution is 9.10. The van der Waals surface area contributed by atoms with E-state index in [1.807, 2.05) is 12.1 Å². The van der Waals surface area contributed by atoms with E-state index in [1.54, 1.807) is 7.11 Å². The van der Waals surface area contributed by atoms with Gasteiger partial charge in [-0.3, -0.25) is 0 Å². The predicted molar refractivity (Wildman–Crippen MR) is 72.7 cm³/mol. The number of benzene rings is 1. The van der Waals surface area contributed by atoms with Crippen molar-refractivity contribution in [1.29, 1.82) is 0 Å². The molecule has 1 heterocycles. The Balaban J connectivity index is 1.89. The van der Waals surface area contributed by atoms with E-state index in [0.717, 1.165) is 54.4 Å². The van der Waals surface area contributed by atoms with E-state index in [-0.39, 0.29) is 0 Å². The number of rotatable bonds is 4. The minimum Gasteiger partial charge on any atom is -0.495 e. The molecule has 1 N–H and O–H groups in total. The predicted octanol–water partition coefficient (Wildman–Crippen LogP) is 3.30. The van der Waals surface area contributed by atoms with Crippen LogP contribution in [0.1, 0.15) is 12.8 Å². The smallest absolute Gasteiger partial charge is 0.135 e. The lowest BCUT2D eigenvalue weighted by atomic mass is 10.0. The Morgan fingerprint density at radius 3 is 2.88 bits per heavy atom. The van der Waals surface area contributed by atoms with Crippen LogP contribution in [0.5, 0.6) is 5.75 Å². The Labute approximate surface area is 111 Å². The van der Waals surface area contributed by atoms with Gasteiger partial charge in [-0.25, -0.2) is 0 Å². The zero-order chi connectivity index (χ0) is 12.1. The largest absolute Gasteiger partial charge is 0.495 e. The molecule has 1 aromatic rings. The van der Waals surface area contributed by atoms with Crippen molar-refractivity contribution in [3.63, 3.8) is 0 Å². The molecule has 3 nitrogen and oxygen atoms in total. The molecule has 1 fully saturated rings. The molecule has 17 heavy (non-hydrogen) atoms. The van der Waals surface area contributed by atoms with Crippen LogP contribution >= 0.6 is 15.9 Å². The lowest BCUT2D eigenvalue weighted by Gasteiger charge is -2.22. The monoisotopic (exact) mass is 299 g/mol. The maximum atomic E-state index is 5.35. The molecule has 1 saturated heterocycles. The second-order valence-electron chi connectivity index (χ2n) is 4.29. The van der Waals surface area contributed by atoms with E-state index >= 15 is 0 Å². The van der Waals surface area contributed by atoms with Crippen molar-refractivity contribution in [1.82, 2.24) is 0 Å². The fourth-order valence-corrected chi connectivity index (χ4v) is 2.39. The Hall–Kier alpha value is -0.740. The number of ether oxygens (including phenoxy) is 2. The van der Waals surface area contributed by atoms with Gasteiger partial charge in [0.2, 0.25) is 0 Å². The fourth-order valence-electron chi connectivity index (χ4n) is 1.98. The van der Waals surface area contributed by atoms with Gasteiger partial charge in [-0.1, -0.05) is 0 Å². The zero-order valence-electron chi connectivity index (χ0n) is 10.0. The lowest BCUT2D eigenvalue weighted by molar-refractivity contribution is 0.0699. The third-order valence-electron chi connectivity index (χ3n) is 3.09. The van der Waals surface area contributed by atoms with Crippen LogP contribution in [0.4, 0.5) is 5.69 Å². The Kier molecular flexibility index (Phi) is 4.68. The number of hydrogen-bond acceptors (Lipinski definition) is 3. The summed E-state index contributed by atoms with van der Waals surface area (Å²) in [4.78, 5) is 0. The number of anilines is 1. The molecule has 0 atom stereocenters. The third-order valence-corrected chi connectivity index (χ3v) is 3.74. The molecule has 0 aliphatic carbocycles. The zero-order valence-corrected chi connectivity index (χ0v) is 11.6. The second-order valence-corrected chi connectivity index (χ2v) is 5.14. The van der Waals surface area contributed by atoms with Gasteiger partial charge in [-0.05, 0) is 46.8 Å². The van der Waals surface area contributed by atoms with Crippen molar-refractivity contribution in [3.8, 4) is 5.75 Å². The molecule has 4 heteroatoms. The summed E-state index contributed by atoms with van der Waals surface area (Å²) in [5.74, 6) is 1.58. The summed E-state index contributed by atoms with van der Waals surface area (Å²) in [5.41, 5.74) is 1.11. The van der Waals surface area contributed by atoms with Crippen LogP contribution in [-0.4, -0.2) is 26.9 Å². The maximum Gasteiger partial charge on any atom is 0.135 e. The molecule has 0 amide bonds. The molecule has 0 bridgehead atoms. The van der Waals surface area contributed by atoms with E-state index in [1.165, 1.54) is 0 Å². The van der Waals surface area contributed by atoms with Crippen LogP contribution in [0.2, 0.25) is 0 Å². The maximum absolute atomic E-state index is 5.35. The van der Waals surface area contributed by atoms with E-state index in [0.29, 0.717) is 0 Å². The molecular weight excluding hydrogens is 282 g/mol. The summed E-state index contributed by atoms with van der Waals surface area (Å²) >= 11 is 3.45. The molecule has 1 aliphatic heterocycles. The molecule has 94 valence electrons. The van der Waals surface area contributed by atoms with Gasteiger partial charge in [0.25, 0.3) is 0 Å². The van der Waals surface area contributed by atoms with E-state index in [2.05, 4.69) is 27.3 Å². The molecule has 0 unspecified atom stereocenters. The summed E-state index contributed by atoms with van der Waals surface area (Å²) in [6.45, 7) is 2.81. The van der Waals surface area contributed by atoms with Crippen LogP contribution < -0.4 is 10.1 Å². The minimum absolute atomic E-state index is 0.721. The number of nitrogens with one attached hydrogen (secondary N) is 1. The third kappa shape index (κ3) is 3.61. The Morgan fingerprint density at radius 1 is 1.41 bits per heavy atom. The van der Waals surface area contributed by atoms with Crippen LogP contribution in [0.15, 0.2) is 22.7 Å². The molecule has 0 radical (unpaired) electrons. The first-order valence-corrected chi connectivity index (χ1v) is 6.74. The van der Waals surface area contributed by atoms with Gasteiger partial charge in [0, 0.05) is 31.5 Å². The normalized spacial score (nSPS) is 16.8. The summed E-state index contributed by atoms with van der Waals surface area (Å²) in [6.07, 6.45) is 2.31. The minimum atomic E-state index is 0.721. The van der Waals surface area contributed by atoms with Crippen LogP contribution in [-0.2, 0) is 4.74 Å². The van der Waals surface area contributed by atoms with Crippen LogP contribution in [0.25, 0.3) is 0 Å². The first-order valence-electron chi connectivity index (χ1n) is 5.95. The summed E-state index contributed by atoms with van der Waals surface area (Å²) in [5, 5.41) is 3.46. The average molecular weight is 300 g/mol. The summed E-state index contributed by atoms with van der Waals surface area (Å²) < 4.78 is 11.6. The summed E-state index contributed by atoms with van der Waals surface area (Å²) in [6, 6.07) is 6.08. The molecule has 1 aromatic carbocycles. The van der Waals surface area contributed by atoms with Gasteiger partial charge in [0.15, 0.2) is 0 Å². The number of hydrogen-bond donors (Lipinski definition) is 1. The topological polar surface area (TPSA) is 30.5 Å². The van der Waals surface area contributed by atoms with Crippen molar-refractivity contribution >= 4 is 21.6 Å². The van der Waals surface area contributed by atoms with Gasteiger partial charge in [0.05, 0.1) is 11.6 Å². The highest BCUT2D eigenvalue weighted by atomic mass is 79.9. The van der Waals surface area contributed by atoms with Gasteiger partial charge >= 0.3 is 0 Å². The molecule has 0 spiro atoms. The molecule has 1 aliphatic rings. The van der Waals surface area contributed by atoms with Crippen molar-refractivity contribution in [2.45, 2.75) is 12.8 Å². The summed E-state index contributed by atoms with van der Waals surface area (Å²) in [7, 11) is 1.68. The quantitative estimate of drug-likeness (QED) is 0.925. The standard InChI is InChI=1S/C13H18BrNO2/c1-16-13-8-11(2-3-12(13)14)15-9-10-4-6-17-7-5-10/h2-3,8,10,15H,4-7,9H2,1H3. The van der Waals surface area contributed by atoms with Crippen molar-refractivity contribution < 1.29 is 9.47 Å². The van der Waals surface area contributed by atoms with Crippen molar-refractivity contribution in [2.75, 3.05) is 32.2 Å². The van der Waals surface area contributed by atoms with Crippen LogP contribution in [0, 0.1) is 5.92 Å². The first-order chi connectivity index (χ1) is 8.29. The number of methoxy groups -OCH3 is 1. The van der Waals surface area contributed by atoms with Gasteiger partial charge in [0.1, 0.15) is 5.75 Å². The van der Waals surface area contributed by atoms with Gasteiger partial charge in [-0.2, -0.15) is 0 Å². The molecule has 0 aromatic heterocycles. The highest BCUT2D eigenvalue weighted by Gasteiger charge is 2.13. The molecule has 0 saturated carbocycles. The first kappa shape index (κ1) is 12.7. The fraction of sp³-hybridized carbons (Fsp3) is 0.538. The van der Waals surface area contributed by atoms with Crippen molar-refractivity contribution in [2.24, 2.45) is 5.92 Å². The van der Waals surface area contributed by atoms with Crippen LogP contribution in [0.3, 0.4) is 0 Å². The van der Waals surface area contributed by atoms with Gasteiger partial charge < -0.3 is 14.8 Å². The second kappa shape index (κ2) is 6.26. The molecule has 2 rings (SSSR count). The molecular formula is C13H18BrNO2. The van der Waals surface area contributed by atoms with Gasteiger partial charge in [-0.15, -0.1) is 0 Å². The van der Waals surface area contributed by atoms with E-state index in [9.17, 15) is 0 Å². The van der Waals surface area contributed by atoms with E-state index in [4.69, 9.17) is 9.47 Å². The van der Waals surface area contributed by atoms with E-state index < -0.39 is 0 Å². The van der Waals surface area contributed by atoms with Crippen molar-refractivity contribution in [3.05, 3.63) is 22.7 Å². The highest BCUT2D eigenvalue weighted by Crippen LogP contribution is 2.28. The SMILES string of the molecule is COc1cc(NCC2CCOCC2)ccc1Br.